The SMILES string of the molecule is Cc1ncnc(NCC2(C(=O)O)CCC2)c1F. The van der Waals surface area contributed by atoms with E-state index in [0.29, 0.717) is 12.8 Å². The smallest absolute Gasteiger partial charge is 0.311 e. The Morgan fingerprint density at radius 1 is 1.59 bits per heavy atom. The van der Waals surface area contributed by atoms with Gasteiger partial charge in [-0.05, 0) is 19.8 Å². The number of aryl methyl sites for hydroxylation is 1. The molecule has 1 aliphatic rings. The van der Waals surface area contributed by atoms with Crippen molar-refractivity contribution in [1.82, 2.24) is 9.97 Å². The molecular formula is C11H14FN3O2. The maximum atomic E-state index is 13.6. The number of halogens is 1. The van der Waals surface area contributed by atoms with Crippen LogP contribution >= 0.6 is 0 Å². The van der Waals surface area contributed by atoms with Crippen molar-refractivity contribution >= 4 is 11.8 Å². The lowest BCUT2D eigenvalue weighted by atomic mass is 9.69. The van der Waals surface area contributed by atoms with Gasteiger partial charge in [0.2, 0.25) is 0 Å². The van der Waals surface area contributed by atoms with E-state index in [2.05, 4.69) is 15.3 Å². The van der Waals surface area contributed by atoms with Gasteiger partial charge in [0, 0.05) is 6.54 Å². The summed E-state index contributed by atoms with van der Waals surface area (Å²) in [6, 6.07) is 0. The quantitative estimate of drug-likeness (QED) is 0.834. The van der Waals surface area contributed by atoms with Crippen LogP contribution < -0.4 is 5.32 Å². The second kappa shape index (κ2) is 4.27. The first kappa shape index (κ1) is 11.8. The van der Waals surface area contributed by atoms with E-state index in [1.807, 2.05) is 0 Å². The first-order chi connectivity index (χ1) is 8.05. The lowest BCUT2D eigenvalue weighted by Crippen LogP contribution is -2.43. The summed E-state index contributed by atoms with van der Waals surface area (Å²) in [5, 5.41) is 11.9. The molecule has 92 valence electrons. The summed E-state index contributed by atoms with van der Waals surface area (Å²) in [7, 11) is 0. The summed E-state index contributed by atoms with van der Waals surface area (Å²) in [5.41, 5.74) is -0.508. The summed E-state index contributed by atoms with van der Waals surface area (Å²) in [6.07, 6.45) is 3.41. The molecule has 0 saturated heterocycles. The molecule has 1 aromatic heterocycles. The molecule has 0 unspecified atom stereocenters. The van der Waals surface area contributed by atoms with Crippen molar-refractivity contribution in [3.8, 4) is 0 Å². The second-order valence-electron chi connectivity index (χ2n) is 4.41. The number of rotatable bonds is 4. The maximum absolute atomic E-state index is 13.6. The van der Waals surface area contributed by atoms with Crippen LogP contribution in [0.5, 0.6) is 0 Å². The molecule has 2 N–H and O–H groups in total. The van der Waals surface area contributed by atoms with Crippen molar-refractivity contribution in [3.63, 3.8) is 0 Å². The highest BCUT2D eigenvalue weighted by Gasteiger charge is 2.44. The number of carbonyl (C=O) groups is 1. The van der Waals surface area contributed by atoms with E-state index in [1.165, 1.54) is 6.33 Å². The standard InChI is InChI=1S/C11H14FN3O2/c1-7-8(12)9(15-6-14-7)13-5-11(10(16)17)3-2-4-11/h6H,2-5H2,1H3,(H,16,17)(H,13,14,15). The molecule has 1 aliphatic carbocycles. The van der Waals surface area contributed by atoms with E-state index in [9.17, 15) is 9.18 Å². The van der Waals surface area contributed by atoms with Crippen molar-refractivity contribution in [1.29, 1.82) is 0 Å². The summed E-state index contributed by atoms with van der Waals surface area (Å²) in [4.78, 5) is 18.6. The Morgan fingerprint density at radius 3 is 2.82 bits per heavy atom. The minimum atomic E-state index is -0.831. The first-order valence-corrected chi connectivity index (χ1v) is 5.49. The van der Waals surface area contributed by atoms with Gasteiger partial charge in [-0.1, -0.05) is 6.42 Å². The molecule has 1 fully saturated rings. The summed E-state index contributed by atoms with van der Waals surface area (Å²) in [6.45, 7) is 1.74. The van der Waals surface area contributed by atoms with E-state index in [0.717, 1.165) is 6.42 Å². The van der Waals surface area contributed by atoms with Crippen molar-refractivity contribution in [2.75, 3.05) is 11.9 Å². The van der Waals surface area contributed by atoms with Crippen LogP contribution in [0.4, 0.5) is 10.2 Å². The third kappa shape index (κ3) is 2.07. The highest BCUT2D eigenvalue weighted by molar-refractivity contribution is 5.76. The summed E-state index contributed by atoms with van der Waals surface area (Å²) < 4.78 is 13.6. The zero-order valence-electron chi connectivity index (χ0n) is 9.53. The van der Waals surface area contributed by atoms with Gasteiger partial charge in [0.15, 0.2) is 11.6 Å². The molecule has 0 radical (unpaired) electrons. The van der Waals surface area contributed by atoms with Crippen molar-refractivity contribution in [3.05, 3.63) is 17.8 Å². The Hall–Kier alpha value is -1.72. The van der Waals surface area contributed by atoms with Crippen LogP contribution in [0.2, 0.25) is 0 Å². The monoisotopic (exact) mass is 239 g/mol. The van der Waals surface area contributed by atoms with Gasteiger partial charge in [-0.15, -0.1) is 0 Å². The molecular weight excluding hydrogens is 225 g/mol. The molecule has 17 heavy (non-hydrogen) atoms. The van der Waals surface area contributed by atoms with Gasteiger partial charge >= 0.3 is 5.97 Å². The molecule has 1 heterocycles. The minimum Gasteiger partial charge on any atom is -0.481 e. The largest absolute Gasteiger partial charge is 0.481 e. The maximum Gasteiger partial charge on any atom is 0.311 e. The third-order valence-electron chi connectivity index (χ3n) is 3.32. The lowest BCUT2D eigenvalue weighted by molar-refractivity contribution is -0.153. The molecule has 0 bridgehead atoms. The molecule has 1 aromatic rings. The second-order valence-corrected chi connectivity index (χ2v) is 4.41. The van der Waals surface area contributed by atoms with Gasteiger partial charge in [-0.2, -0.15) is 0 Å². The van der Waals surface area contributed by atoms with Gasteiger partial charge in [0.1, 0.15) is 6.33 Å². The molecule has 0 aliphatic heterocycles. The Balaban J connectivity index is 2.07. The number of aromatic nitrogens is 2. The van der Waals surface area contributed by atoms with Gasteiger partial charge in [0.25, 0.3) is 0 Å². The summed E-state index contributed by atoms with van der Waals surface area (Å²) >= 11 is 0. The number of carboxylic acids is 1. The molecule has 1 saturated carbocycles. The highest BCUT2D eigenvalue weighted by Crippen LogP contribution is 2.41. The van der Waals surface area contributed by atoms with Crippen LogP contribution in [0.25, 0.3) is 0 Å². The lowest BCUT2D eigenvalue weighted by Gasteiger charge is -2.37. The average Bonchev–Trinajstić information content (AvgIpc) is 2.22. The number of anilines is 1. The van der Waals surface area contributed by atoms with Crippen LogP contribution in [0.15, 0.2) is 6.33 Å². The molecule has 5 nitrogen and oxygen atoms in total. The number of hydrogen-bond acceptors (Lipinski definition) is 4. The number of nitrogens with zero attached hydrogens (tertiary/aromatic N) is 2. The number of carboxylic acid groups (broad SMARTS) is 1. The Morgan fingerprint density at radius 2 is 2.29 bits per heavy atom. The fourth-order valence-corrected chi connectivity index (χ4v) is 1.90. The van der Waals surface area contributed by atoms with Gasteiger partial charge in [0.05, 0.1) is 11.1 Å². The number of nitrogens with one attached hydrogen (secondary N) is 1. The van der Waals surface area contributed by atoms with Crippen molar-refractivity contribution in [2.45, 2.75) is 26.2 Å². The zero-order valence-corrected chi connectivity index (χ0v) is 9.53. The van der Waals surface area contributed by atoms with Gasteiger partial charge in [-0.25, -0.2) is 14.4 Å². The van der Waals surface area contributed by atoms with Crippen LogP contribution in [0, 0.1) is 18.2 Å². The number of hydrogen-bond donors (Lipinski definition) is 2. The fraction of sp³-hybridized carbons (Fsp3) is 0.545. The van der Waals surface area contributed by atoms with Crippen molar-refractivity contribution < 1.29 is 14.3 Å². The zero-order chi connectivity index (χ0) is 12.5. The molecule has 2 rings (SSSR count). The van der Waals surface area contributed by atoms with Gasteiger partial charge < -0.3 is 10.4 Å². The molecule has 0 atom stereocenters. The third-order valence-corrected chi connectivity index (χ3v) is 3.32. The van der Waals surface area contributed by atoms with Crippen molar-refractivity contribution in [2.24, 2.45) is 5.41 Å². The van der Waals surface area contributed by atoms with Crippen LogP contribution in [-0.2, 0) is 4.79 Å². The molecule has 6 heteroatoms. The highest BCUT2D eigenvalue weighted by atomic mass is 19.1. The van der Waals surface area contributed by atoms with Crippen LogP contribution in [-0.4, -0.2) is 27.6 Å². The van der Waals surface area contributed by atoms with E-state index < -0.39 is 17.2 Å². The van der Waals surface area contributed by atoms with Crippen LogP contribution in [0.3, 0.4) is 0 Å². The Labute approximate surface area is 98.1 Å². The van der Waals surface area contributed by atoms with Crippen LogP contribution in [0.1, 0.15) is 25.0 Å². The molecule has 0 aromatic carbocycles. The Kier molecular flexibility index (Phi) is 2.95. The number of aliphatic carboxylic acids is 1. The average molecular weight is 239 g/mol. The van der Waals surface area contributed by atoms with E-state index >= 15 is 0 Å². The Bertz CT molecular complexity index is 446. The van der Waals surface area contributed by atoms with E-state index in [4.69, 9.17) is 5.11 Å². The molecule has 0 amide bonds. The first-order valence-electron chi connectivity index (χ1n) is 5.49. The van der Waals surface area contributed by atoms with Gasteiger partial charge in [-0.3, -0.25) is 4.79 Å². The predicted molar refractivity (Wildman–Crippen MR) is 59.1 cm³/mol. The predicted octanol–water partition coefficient (Wildman–Crippen LogP) is 1.59. The summed E-state index contributed by atoms with van der Waals surface area (Å²) in [5.74, 6) is -1.28. The van der Waals surface area contributed by atoms with E-state index in [1.54, 1.807) is 6.92 Å². The van der Waals surface area contributed by atoms with E-state index in [-0.39, 0.29) is 18.1 Å². The normalized spacial score (nSPS) is 17.3. The topological polar surface area (TPSA) is 75.1 Å². The fourth-order valence-electron chi connectivity index (χ4n) is 1.90. The minimum absolute atomic E-state index is 0.0741. The molecule has 0 spiro atoms.